The van der Waals surface area contributed by atoms with Crippen LogP contribution in [0.25, 0.3) is 22.6 Å². The highest BCUT2D eigenvalue weighted by Gasteiger charge is 2.18. The molecule has 1 fully saturated rings. The van der Waals surface area contributed by atoms with E-state index in [0.717, 1.165) is 23.2 Å². The normalized spacial score (nSPS) is 19.0. The summed E-state index contributed by atoms with van der Waals surface area (Å²) in [7, 11) is 0. The van der Waals surface area contributed by atoms with Gasteiger partial charge in [0.15, 0.2) is 5.58 Å². The molecular weight excluding hydrogens is 411 g/mol. The highest BCUT2D eigenvalue weighted by molar-refractivity contribution is 14.1. The van der Waals surface area contributed by atoms with E-state index in [-0.39, 0.29) is 0 Å². The van der Waals surface area contributed by atoms with Gasteiger partial charge in [-0.05, 0) is 84.8 Å². The van der Waals surface area contributed by atoms with Gasteiger partial charge in [-0.25, -0.2) is 4.98 Å². The predicted molar refractivity (Wildman–Crippen MR) is 106 cm³/mol. The van der Waals surface area contributed by atoms with Crippen molar-refractivity contribution in [3.63, 3.8) is 0 Å². The molecule has 124 valence electrons. The second-order valence-electron chi connectivity index (χ2n) is 6.65. The Morgan fingerprint density at radius 3 is 2.96 bits per heavy atom. The molecule has 4 heteroatoms. The van der Waals surface area contributed by atoms with E-state index in [4.69, 9.17) is 9.40 Å². The Bertz CT molecular complexity index is 858. The van der Waals surface area contributed by atoms with Crippen molar-refractivity contribution >= 4 is 33.7 Å². The lowest BCUT2D eigenvalue weighted by atomic mass is 10.0. The molecule has 0 N–H and O–H groups in total. The lowest BCUT2D eigenvalue weighted by molar-refractivity contribution is 0.152. The molecule has 1 aliphatic rings. The molecule has 2 heterocycles. The Morgan fingerprint density at radius 1 is 1.21 bits per heavy atom. The van der Waals surface area contributed by atoms with E-state index in [1.54, 1.807) is 0 Å². The minimum absolute atomic E-state index is 0.675. The summed E-state index contributed by atoms with van der Waals surface area (Å²) in [5.41, 5.74) is 4.16. The molecule has 0 spiro atoms. The second-order valence-corrected chi connectivity index (χ2v) is 7.89. The van der Waals surface area contributed by atoms with Gasteiger partial charge in [0, 0.05) is 21.7 Å². The third-order valence-electron chi connectivity index (χ3n) is 4.85. The summed E-state index contributed by atoms with van der Waals surface area (Å²) in [4.78, 5) is 7.28. The van der Waals surface area contributed by atoms with Gasteiger partial charge < -0.3 is 4.42 Å². The molecule has 3 nitrogen and oxygen atoms in total. The highest BCUT2D eigenvalue weighted by Crippen LogP contribution is 2.27. The van der Waals surface area contributed by atoms with Crippen molar-refractivity contribution in [2.45, 2.75) is 38.8 Å². The highest BCUT2D eigenvalue weighted by atomic mass is 127. The maximum atomic E-state index is 5.95. The number of rotatable bonds is 3. The predicted octanol–water partition coefficient (Wildman–Crippen LogP) is 5.47. The van der Waals surface area contributed by atoms with Crippen molar-refractivity contribution in [1.29, 1.82) is 0 Å². The molecule has 3 aromatic rings. The van der Waals surface area contributed by atoms with Crippen LogP contribution in [0.4, 0.5) is 0 Å². The first-order valence-corrected chi connectivity index (χ1v) is 9.66. The van der Waals surface area contributed by atoms with Crippen molar-refractivity contribution in [2.75, 3.05) is 6.54 Å². The van der Waals surface area contributed by atoms with Crippen LogP contribution in [0.2, 0.25) is 0 Å². The molecule has 24 heavy (non-hydrogen) atoms. The number of hydrogen-bond donors (Lipinski definition) is 0. The number of aromatic nitrogens is 1. The maximum absolute atomic E-state index is 5.95. The molecule has 0 unspecified atom stereocenters. The summed E-state index contributed by atoms with van der Waals surface area (Å²) in [6, 6.07) is 15.3. The molecule has 0 amide bonds. The van der Waals surface area contributed by atoms with Crippen molar-refractivity contribution in [1.82, 2.24) is 9.88 Å². The second kappa shape index (κ2) is 6.84. The van der Waals surface area contributed by atoms with Crippen molar-refractivity contribution < 1.29 is 4.42 Å². The Balaban J connectivity index is 1.61. The lowest BCUT2D eigenvalue weighted by Gasteiger charge is -2.33. The van der Waals surface area contributed by atoms with Gasteiger partial charge in [0.1, 0.15) is 5.52 Å². The van der Waals surface area contributed by atoms with Crippen LogP contribution >= 0.6 is 22.6 Å². The lowest BCUT2D eigenvalue weighted by Crippen LogP contribution is -2.36. The van der Waals surface area contributed by atoms with Crippen LogP contribution in [0, 0.1) is 3.57 Å². The van der Waals surface area contributed by atoms with Crippen LogP contribution in [0.15, 0.2) is 46.9 Å². The standard InChI is InChI=1S/C20H21IN2O/c1-14-5-2-3-10-23(14)13-15-8-9-19-18(11-15)22-20(24-19)16-6-4-7-17(21)12-16/h4,6-9,11-12,14H,2-3,5,10,13H2,1H3/t14-/m0/s1. The van der Waals surface area contributed by atoms with E-state index in [1.807, 2.05) is 12.1 Å². The molecule has 1 saturated heterocycles. The van der Waals surface area contributed by atoms with E-state index in [9.17, 15) is 0 Å². The Hall–Kier alpha value is -1.40. The summed E-state index contributed by atoms with van der Waals surface area (Å²) in [6.45, 7) is 4.54. The zero-order valence-electron chi connectivity index (χ0n) is 13.8. The van der Waals surface area contributed by atoms with Gasteiger partial charge in [-0.1, -0.05) is 18.6 Å². The van der Waals surface area contributed by atoms with E-state index < -0.39 is 0 Å². The van der Waals surface area contributed by atoms with Crippen LogP contribution in [0.5, 0.6) is 0 Å². The third-order valence-corrected chi connectivity index (χ3v) is 5.52. The van der Waals surface area contributed by atoms with Crippen LogP contribution in [-0.4, -0.2) is 22.5 Å². The third kappa shape index (κ3) is 3.35. The number of benzene rings is 2. The number of oxazole rings is 1. The molecule has 0 bridgehead atoms. The van der Waals surface area contributed by atoms with Crippen molar-refractivity contribution in [3.8, 4) is 11.5 Å². The molecular formula is C20H21IN2O. The molecule has 1 atom stereocenters. The van der Waals surface area contributed by atoms with E-state index in [0.29, 0.717) is 11.9 Å². The van der Waals surface area contributed by atoms with Gasteiger partial charge in [0.2, 0.25) is 5.89 Å². The van der Waals surface area contributed by atoms with Gasteiger partial charge in [0.25, 0.3) is 0 Å². The van der Waals surface area contributed by atoms with Crippen LogP contribution in [0.3, 0.4) is 0 Å². The van der Waals surface area contributed by atoms with Gasteiger partial charge in [-0.3, -0.25) is 4.90 Å². The van der Waals surface area contributed by atoms with E-state index >= 15 is 0 Å². The number of hydrogen-bond acceptors (Lipinski definition) is 3. The van der Waals surface area contributed by atoms with Crippen LogP contribution in [0.1, 0.15) is 31.7 Å². The number of piperidine rings is 1. The number of nitrogens with zero attached hydrogens (tertiary/aromatic N) is 2. The smallest absolute Gasteiger partial charge is 0.227 e. The summed E-state index contributed by atoms with van der Waals surface area (Å²) in [6.07, 6.45) is 3.98. The summed E-state index contributed by atoms with van der Waals surface area (Å²) in [5.74, 6) is 0.701. The maximum Gasteiger partial charge on any atom is 0.227 e. The topological polar surface area (TPSA) is 29.3 Å². The fourth-order valence-corrected chi connectivity index (χ4v) is 3.99. The average molecular weight is 432 g/mol. The van der Waals surface area contributed by atoms with E-state index in [2.05, 4.69) is 64.7 Å². The zero-order valence-corrected chi connectivity index (χ0v) is 16.0. The molecule has 0 saturated carbocycles. The molecule has 1 aromatic heterocycles. The van der Waals surface area contributed by atoms with Gasteiger partial charge in [0.05, 0.1) is 0 Å². The minimum atomic E-state index is 0.675. The summed E-state index contributed by atoms with van der Waals surface area (Å²) >= 11 is 2.31. The SMILES string of the molecule is C[C@H]1CCCCN1Cc1ccc2oc(-c3cccc(I)c3)nc2c1. The Morgan fingerprint density at radius 2 is 2.12 bits per heavy atom. The van der Waals surface area contributed by atoms with Crippen LogP contribution < -0.4 is 0 Å². The molecule has 4 rings (SSSR count). The zero-order chi connectivity index (χ0) is 16.5. The molecule has 0 aliphatic carbocycles. The fourth-order valence-electron chi connectivity index (χ4n) is 3.44. The average Bonchev–Trinajstić information content (AvgIpc) is 3.00. The first-order chi connectivity index (χ1) is 11.7. The molecule has 1 aliphatic heterocycles. The van der Waals surface area contributed by atoms with Gasteiger partial charge >= 0.3 is 0 Å². The monoisotopic (exact) mass is 432 g/mol. The quantitative estimate of drug-likeness (QED) is 0.514. The summed E-state index contributed by atoms with van der Waals surface area (Å²) < 4.78 is 7.13. The fraction of sp³-hybridized carbons (Fsp3) is 0.350. The van der Waals surface area contributed by atoms with Crippen LogP contribution in [-0.2, 0) is 6.54 Å². The first-order valence-electron chi connectivity index (χ1n) is 8.58. The summed E-state index contributed by atoms with van der Waals surface area (Å²) in [5, 5.41) is 0. The Labute approximate surface area is 156 Å². The largest absolute Gasteiger partial charge is 0.436 e. The number of halogens is 1. The van der Waals surface area contributed by atoms with E-state index in [1.165, 1.54) is 34.9 Å². The Kier molecular flexibility index (Phi) is 4.59. The first kappa shape index (κ1) is 16.1. The van der Waals surface area contributed by atoms with Crippen molar-refractivity contribution in [3.05, 3.63) is 51.6 Å². The van der Waals surface area contributed by atoms with Gasteiger partial charge in [-0.2, -0.15) is 0 Å². The molecule has 0 radical (unpaired) electrons. The number of likely N-dealkylation sites (tertiary alicyclic amines) is 1. The minimum Gasteiger partial charge on any atom is -0.436 e. The molecule has 2 aromatic carbocycles. The number of fused-ring (bicyclic) bond motifs is 1. The van der Waals surface area contributed by atoms with Gasteiger partial charge in [-0.15, -0.1) is 0 Å². The van der Waals surface area contributed by atoms with Crippen molar-refractivity contribution in [2.24, 2.45) is 0 Å².